The molecule has 1 aliphatic carbocycles. The van der Waals surface area contributed by atoms with Gasteiger partial charge in [-0.25, -0.2) is 4.79 Å². The smallest absolute Gasteiger partial charge is 0.319 e. The van der Waals surface area contributed by atoms with Crippen LogP contribution in [0.2, 0.25) is 5.02 Å². The van der Waals surface area contributed by atoms with Crippen LogP contribution in [0.25, 0.3) is 0 Å². The molecule has 1 saturated carbocycles. The van der Waals surface area contributed by atoms with E-state index in [-0.39, 0.29) is 24.4 Å². The molecule has 1 aromatic carbocycles. The number of carbonyl (C=O) groups excluding carboxylic acids is 2. The van der Waals surface area contributed by atoms with Crippen LogP contribution in [0.1, 0.15) is 43.0 Å². The number of hydrogen-bond donors (Lipinski definition) is 3. The van der Waals surface area contributed by atoms with E-state index in [0.29, 0.717) is 22.7 Å². The molecule has 7 heteroatoms. The molecule has 0 spiro atoms. The Morgan fingerprint density at radius 3 is 2.78 bits per heavy atom. The molecule has 0 heterocycles. The third-order valence-electron chi connectivity index (χ3n) is 3.55. The maximum absolute atomic E-state index is 12.1. The minimum absolute atomic E-state index is 0.204. The van der Waals surface area contributed by atoms with Crippen LogP contribution in [0.5, 0.6) is 0 Å². The Bertz CT molecular complexity index is 637. The van der Waals surface area contributed by atoms with Crippen LogP contribution >= 0.6 is 11.6 Å². The average Bonchev–Trinajstić information content (AvgIpc) is 3.32. The van der Waals surface area contributed by atoms with Gasteiger partial charge in [0, 0.05) is 17.8 Å². The molecule has 122 valence electrons. The second-order valence-electron chi connectivity index (χ2n) is 5.51. The van der Waals surface area contributed by atoms with Crippen LogP contribution in [-0.2, 0) is 0 Å². The fourth-order valence-electron chi connectivity index (χ4n) is 2.03. The number of rotatable bonds is 6. The maximum Gasteiger partial charge on any atom is 0.319 e. The third kappa shape index (κ3) is 5.15. The lowest BCUT2D eigenvalue weighted by Gasteiger charge is -2.15. The van der Waals surface area contributed by atoms with Crippen molar-refractivity contribution in [1.82, 2.24) is 10.6 Å². The molecule has 0 aromatic heterocycles. The molecule has 2 rings (SSSR count). The Kier molecular flexibility index (Phi) is 5.83. The van der Waals surface area contributed by atoms with E-state index in [0.717, 1.165) is 12.8 Å². The van der Waals surface area contributed by atoms with E-state index >= 15 is 0 Å². The van der Waals surface area contributed by atoms with Crippen molar-refractivity contribution in [2.45, 2.75) is 44.7 Å². The van der Waals surface area contributed by atoms with E-state index < -0.39 is 6.03 Å². The molecular weight excluding hydrogens is 316 g/mol. The van der Waals surface area contributed by atoms with Crippen molar-refractivity contribution < 1.29 is 9.59 Å². The van der Waals surface area contributed by atoms with E-state index in [1.807, 2.05) is 13.0 Å². The number of nitriles is 1. The van der Waals surface area contributed by atoms with Gasteiger partial charge >= 0.3 is 6.03 Å². The number of hydrogen-bond acceptors (Lipinski definition) is 3. The molecule has 23 heavy (non-hydrogen) atoms. The molecule has 0 radical (unpaired) electrons. The van der Waals surface area contributed by atoms with Gasteiger partial charge in [0.1, 0.15) is 0 Å². The van der Waals surface area contributed by atoms with Crippen molar-refractivity contribution >= 4 is 29.2 Å². The summed E-state index contributed by atoms with van der Waals surface area (Å²) in [6.45, 7) is 1.89. The zero-order valence-corrected chi connectivity index (χ0v) is 13.6. The first-order chi connectivity index (χ1) is 11.0. The highest BCUT2D eigenvalue weighted by Crippen LogP contribution is 2.24. The number of benzene rings is 1. The normalized spacial score (nSPS) is 14.5. The van der Waals surface area contributed by atoms with Gasteiger partial charge in [0.05, 0.1) is 23.1 Å². The highest BCUT2D eigenvalue weighted by atomic mass is 35.5. The summed E-state index contributed by atoms with van der Waals surface area (Å²) in [4.78, 5) is 24.0. The summed E-state index contributed by atoms with van der Waals surface area (Å²) in [5.74, 6) is -0.238. The van der Waals surface area contributed by atoms with Gasteiger partial charge in [-0.15, -0.1) is 0 Å². The summed E-state index contributed by atoms with van der Waals surface area (Å²) in [5.41, 5.74) is 0.806. The topological polar surface area (TPSA) is 94.0 Å². The summed E-state index contributed by atoms with van der Waals surface area (Å²) in [6, 6.07) is 6.39. The van der Waals surface area contributed by atoms with E-state index in [1.54, 1.807) is 18.2 Å². The largest absolute Gasteiger partial charge is 0.349 e. The van der Waals surface area contributed by atoms with Crippen LogP contribution in [0.3, 0.4) is 0 Å². The van der Waals surface area contributed by atoms with Crippen LogP contribution in [0.15, 0.2) is 18.2 Å². The van der Waals surface area contributed by atoms with Gasteiger partial charge < -0.3 is 16.0 Å². The Hall–Kier alpha value is -2.26. The zero-order valence-electron chi connectivity index (χ0n) is 12.9. The standard InChI is InChI=1S/C16H19ClN4O2/c1-2-10(7-8-18)20-16(23)21-12-5-6-14(17)13(9-12)15(22)19-11-3-4-11/h5-6,9-11H,2-4,7H2,1H3,(H,19,22)(H2,20,21,23). The van der Waals surface area contributed by atoms with Gasteiger partial charge in [-0.2, -0.15) is 5.26 Å². The van der Waals surface area contributed by atoms with Crippen LogP contribution in [0, 0.1) is 11.3 Å². The Morgan fingerprint density at radius 2 is 2.17 bits per heavy atom. The monoisotopic (exact) mass is 334 g/mol. The van der Waals surface area contributed by atoms with E-state index in [1.165, 1.54) is 0 Å². The number of amides is 3. The Balaban J connectivity index is 2.00. The van der Waals surface area contributed by atoms with Crippen molar-refractivity contribution in [2.75, 3.05) is 5.32 Å². The van der Waals surface area contributed by atoms with Crippen LogP contribution in [0.4, 0.5) is 10.5 Å². The van der Waals surface area contributed by atoms with Gasteiger partial charge in [0.15, 0.2) is 0 Å². The molecule has 0 saturated heterocycles. The Labute approximate surface area is 140 Å². The van der Waals surface area contributed by atoms with Gasteiger partial charge in [-0.05, 0) is 37.5 Å². The molecule has 0 bridgehead atoms. The van der Waals surface area contributed by atoms with Gasteiger partial charge in [0.2, 0.25) is 0 Å². The summed E-state index contributed by atoms with van der Waals surface area (Å²) < 4.78 is 0. The summed E-state index contributed by atoms with van der Waals surface area (Å²) >= 11 is 6.05. The quantitative estimate of drug-likeness (QED) is 0.746. The SMILES string of the molecule is CCC(CC#N)NC(=O)Nc1ccc(Cl)c(C(=O)NC2CC2)c1. The third-order valence-corrected chi connectivity index (χ3v) is 3.88. The second-order valence-corrected chi connectivity index (χ2v) is 5.92. The van der Waals surface area contributed by atoms with Crippen molar-refractivity contribution in [2.24, 2.45) is 0 Å². The molecular formula is C16H19ClN4O2. The highest BCUT2D eigenvalue weighted by Gasteiger charge is 2.25. The van der Waals surface area contributed by atoms with Crippen molar-refractivity contribution in [3.63, 3.8) is 0 Å². The van der Waals surface area contributed by atoms with Gasteiger partial charge in [-0.3, -0.25) is 4.79 Å². The molecule has 1 fully saturated rings. The Morgan fingerprint density at radius 1 is 1.43 bits per heavy atom. The van der Waals surface area contributed by atoms with Crippen molar-refractivity contribution in [1.29, 1.82) is 5.26 Å². The molecule has 1 aliphatic rings. The number of nitrogens with one attached hydrogen (secondary N) is 3. The number of urea groups is 1. The van der Waals surface area contributed by atoms with E-state index in [2.05, 4.69) is 16.0 Å². The van der Waals surface area contributed by atoms with Crippen LogP contribution in [-0.4, -0.2) is 24.0 Å². The first kappa shape index (κ1) is 17.1. The van der Waals surface area contributed by atoms with Gasteiger partial charge in [-0.1, -0.05) is 18.5 Å². The molecule has 1 unspecified atom stereocenters. The molecule has 1 aromatic rings. The summed E-state index contributed by atoms with van der Waals surface area (Å²) in [6.07, 6.45) is 2.89. The molecule has 0 aliphatic heterocycles. The first-order valence-electron chi connectivity index (χ1n) is 7.58. The maximum atomic E-state index is 12.1. The molecule has 1 atom stereocenters. The number of nitrogens with zero attached hydrogens (tertiary/aromatic N) is 1. The summed E-state index contributed by atoms with van der Waals surface area (Å²) in [7, 11) is 0. The average molecular weight is 335 g/mol. The highest BCUT2D eigenvalue weighted by molar-refractivity contribution is 6.34. The lowest BCUT2D eigenvalue weighted by Crippen LogP contribution is -2.37. The first-order valence-corrected chi connectivity index (χ1v) is 7.96. The molecule has 3 amide bonds. The van der Waals surface area contributed by atoms with Crippen molar-refractivity contribution in [3.8, 4) is 6.07 Å². The fourth-order valence-corrected chi connectivity index (χ4v) is 2.23. The lowest BCUT2D eigenvalue weighted by atomic mass is 10.1. The number of halogens is 1. The van der Waals surface area contributed by atoms with E-state index in [4.69, 9.17) is 16.9 Å². The fraction of sp³-hybridized carbons (Fsp3) is 0.438. The predicted molar refractivity (Wildman–Crippen MR) is 88.4 cm³/mol. The molecule has 6 nitrogen and oxygen atoms in total. The van der Waals surface area contributed by atoms with Crippen LogP contribution < -0.4 is 16.0 Å². The number of carbonyl (C=O) groups is 2. The predicted octanol–water partition coefficient (Wildman–Crippen LogP) is 3.05. The second kappa shape index (κ2) is 7.84. The number of anilines is 1. The summed E-state index contributed by atoms with van der Waals surface area (Å²) in [5, 5.41) is 17.3. The minimum Gasteiger partial charge on any atom is -0.349 e. The van der Waals surface area contributed by atoms with Gasteiger partial charge in [0.25, 0.3) is 5.91 Å². The van der Waals surface area contributed by atoms with E-state index in [9.17, 15) is 9.59 Å². The van der Waals surface area contributed by atoms with Crippen molar-refractivity contribution in [3.05, 3.63) is 28.8 Å². The molecule has 3 N–H and O–H groups in total. The minimum atomic E-state index is -0.414. The lowest BCUT2D eigenvalue weighted by molar-refractivity contribution is 0.0951. The zero-order chi connectivity index (χ0) is 16.8.